The molecular formula is C12H11ClNY-. The first-order valence-electron chi connectivity index (χ1n) is 4.53. The maximum atomic E-state index is 5.98. The van der Waals surface area contributed by atoms with Gasteiger partial charge in [-0.05, 0) is 0 Å². The van der Waals surface area contributed by atoms with Crippen LogP contribution in [-0.2, 0) is 32.7 Å². The molecule has 1 atom stereocenters. The molecule has 1 aromatic carbocycles. The number of allylic oxidation sites excluding steroid dienone is 2. The van der Waals surface area contributed by atoms with Crippen molar-refractivity contribution in [2.75, 3.05) is 0 Å². The van der Waals surface area contributed by atoms with Crippen LogP contribution in [0.25, 0.3) is 5.70 Å². The second-order valence-electron chi connectivity index (χ2n) is 3.24. The minimum absolute atomic E-state index is 0. The van der Waals surface area contributed by atoms with Gasteiger partial charge in [-0.2, -0.15) is 5.56 Å². The fraction of sp³-hybridized carbons (Fsp3) is 0.167. The van der Waals surface area contributed by atoms with Crippen molar-refractivity contribution in [1.29, 1.82) is 0 Å². The normalized spacial score (nSPS) is 19.9. The first-order valence-corrected chi connectivity index (χ1v) is 4.97. The van der Waals surface area contributed by atoms with Crippen LogP contribution in [0.2, 0.25) is 0 Å². The van der Waals surface area contributed by atoms with Gasteiger partial charge in [0.15, 0.2) is 0 Å². The molecule has 75 valence electrons. The van der Waals surface area contributed by atoms with E-state index in [-0.39, 0.29) is 38.1 Å². The Morgan fingerprint density at radius 2 is 2.00 bits per heavy atom. The number of benzene rings is 1. The molecule has 0 saturated carbocycles. The topological polar surface area (TPSA) is 12.0 Å². The van der Waals surface area contributed by atoms with Gasteiger partial charge in [-0.1, -0.05) is 31.2 Å². The molecule has 1 nitrogen and oxygen atoms in total. The van der Waals surface area contributed by atoms with Crippen LogP contribution in [0, 0.1) is 6.08 Å². The molecule has 1 aromatic rings. The van der Waals surface area contributed by atoms with Crippen LogP contribution < -0.4 is 5.32 Å². The quantitative estimate of drug-likeness (QED) is 0.620. The minimum atomic E-state index is -0.0394. The zero-order valence-electron chi connectivity index (χ0n) is 8.33. The number of alkyl halides is 1. The third-order valence-corrected chi connectivity index (χ3v) is 2.60. The third kappa shape index (κ3) is 3.17. The van der Waals surface area contributed by atoms with Gasteiger partial charge in [0.05, 0.1) is 5.38 Å². The van der Waals surface area contributed by atoms with E-state index in [0.29, 0.717) is 0 Å². The molecule has 1 radical (unpaired) electrons. The summed E-state index contributed by atoms with van der Waals surface area (Å²) in [6, 6.07) is 10.1. The summed E-state index contributed by atoms with van der Waals surface area (Å²) in [5, 5.41) is 3.12. The van der Waals surface area contributed by atoms with E-state index < -0.39 is 0 Å². The van der Waals surface area contributed by atoms with E-state index in [2.05, 4.69) is 18.0 Å². The molecule has 0 bridgehead atoms. The predicted octanol–water partition coefficient (Wildman–Crippen LogP) is 2.94. The van der Waals surface area contributed by atoms with E-state index in [1.54, 1.807) is 0 Å². The van der Waals surface area contributed by atoms with E-state index in [0.717, 1.165) is 23.4 Å². The molecule has 0 spiro atoms. The van der Waals surface area contributed by atoms with Gasteiger partial charge in [-0.15, -0.1) is 29.4 Å². The standard InChI is InChI=1S/C12H11ClN.Y/c1-9-11(13)7-8-12(14-9)10-5-3-2-4-6-10;/h2-6,11,14H,1,7H2;/q-1;. The Bertz CT molecular complexity index is 372. The Morgan fingerprint density at radius 3 is 2.60 bits per heavy atom. The van der Waals surface area contributed by atoms with Gasteiger partial charge < -0.3 is 5.32 Å². The molecule has 15 heavy (non-hydrogen) atoms. The molecule has 1 unspecified atom stereocenters. The molecule has 1 aliphatic rings. The van der Waals surface area contributed by atoms with Crippen molar-refractivity contribution < 1.29 is 32.7 Å². The fourth-order valence-corrected chi connectivity index (χ4v) is 1.51. The number of hydrogen-bond donors (Lipinski definition) is 1. The van der Waals surface area contributed by atoms with Crippen molar-refractivity contribution in [1.82, 2.24) is 5.32 Å². The number of hydrogen-bond acceptors (Lipinski definition) is 1. The summed E-state index contributed by atoms with van der Waals surface area (Å²) in [5.74, 6) is 0. The molecule has 1 N–H and O–H groups in total. The average Bonchev–Trinajstić information content (AvgIpc) is 2.23. The monoisotopic (exact) mass is 293 g/mol. The van der Waals surface area contributed by atoms with Gasteiger partial charge in [-0.25, -0.2) is 6.08 Å². The number of rotatable bonds is 1. The molecule has 1 aliphatic heterocycles. The minimum Gasteiger partial charge on any atom is -0.392 e. The van der Waals surface area contributed by atoms with Crippen molar-refractivity contribution in [3.63, 3.8) is 0 Å². The molecule has 0 aromatic heterocycles. The van der Waals surface area contributed by atoms with Gasteiger partial charge in [0.25, 0.3) is 0 Å². The second-order valence-corrected chi connectivity index (χ2v) is 3.77. The predicted molar refractivity (Wildman–Crippen MR) is 59.6 cm³/mol. The summed E-state index contributed by atoms with van der Waals surface area (Å²) in [5.41, 5.74) is 2.95. The maximum absolute atomic E-state index is 5.98. The SMILES string of the molecule is C=C1NC(c2ccccc2)=[C-]CC1Cl.[Y]. The van der Waals surface area contributed by atoms with Crippen LogP contribution >= 0.6 is 11.6 Å². The summed E-state index contributed by atoms with van der Waals surface area (Å²) >= 11 is 5.98. The van der Waals surface area contributed by atoms with E-state index in [9.17, 15) is 0 Å². The van der Waals surface area contributed by atoms with Crippen LogP contribution in [0.1, 0.15) is 12.0 Å². The Labute approximate surface area is 120 Å². The number of halogens is 1. The number of nitrogens with one attached hydrogen (secondary N) is 1. The van der Waals surface area contributed by atoms with Gasteiger partial charge >= 0.3 is 0 Å². The first-order chi connectivity index (χ1) is 6.77. The van der Waals surface area contributed by atoms with Crippen molar-refractivity contribution in [2.24, 2.45) is 0 Å². The Morgan fingerprint density at radius 1 is 1.33 bits per heavy atom. The van der Waals surface area contributed by atoms with Gasteiger partial charge in [0, 0.05) is 38.4 Å². The molecule has 2 rings (SSSR count). The summed E-state index contributed by atoms with van der Waals surface area (Å²) in [7, 11) is 0. The van der Waals surface area contributed by atoms with Gasteiger partial charge in [0.2, 0.25) is 0 Å². The van der Waals surface area contributed by atoms with Crippen LogP contribution in [0.15, 0.2) is 42.6 Å². The Hall–Kier alpha value is -0.106. The smallest absolute Gasteiger partial charge is 0.0604 e. The largest absolute Gasteiger partial charge is 0.392 e. The van der Waals surface area contributed by atoms with Crippen molar-refractivity contribution in [3.8, 4) is 0 Å². The van der Waals surface area contributed by atoms with Gasteiger partial charge in [0.1, 0.15) is 0 Å². The molecular weight excluding hydrogens is 282 g/mol. The van der Waals surface area contributed by atoms with E-state index >= 15 is 0 Å². The second kappa shape index (κ2) is 5.84. The van der Waals surface area contributed by atoms with Crippen LogP contribution in [0.4, 0.5) is 0 Å². The fourth-order valence-electron chi connectivity index (χ4n) is 1.38. The molecule has 0 aliphatic carbocycles. The first kappa shape index (κ1) is 13.0. The van der Waals surface area contributed by atoms with E-state index in [1.807, 2.05) is 30.3 Å². The molecule has 0 saturated heterocycles. The van der Waals surface area contributed by atoms with Crippen molar-refractivity contribution >= 4 is 17.3 Å². The molecule has 0 amide bonds. The third-order valence-electron chi connectivity index (χ3n) is 2.18. The molecule has 3 heteroatoms. The van der Waals surface area contributed by atoms with E-state index in [4.69, 9.17) is 11.6 Å². The zero-order valence-corrected chi connectivity index (χ0v) is 11.9. The van der Waals surface area contributed by atoms with Crippen molar-refractivity contribution in [2.45, 2.75) is 11.8 Å². The van der Waals surface area contributed by atoms with Crippen LogP contribution in [0.5, 0.6) is 0 Å². The molecule has 0 fully saturated rings. The summed E-state index contributed by atoms with van der Waals surface area (Å²) < 4.78 is 0. The summed E-state index contributed by atoms with van der Waals surface area (Å²) in [6.07, 6.45) is 3.95. The Kier molecular flexibility index (Phi) is 5.04. The maximum Gasteiger partial charge on any atom is 0.0604 e. The van der Waals surface area contributed by atoms with Gasteiger partial charge in [-0.3, -0.25) is 0 Å². The zero-order chi connectivity index (χ0) is 9.97. The van der Waals surface area contributed by atoms with Crippen molar-refractivity contribution in [3.05, 3.63) is 54.2 Å². The average molecular weight is 294 g/mol. The summed E-state index contributed by atoms with van der Waals surface area (Å²) in [6.45, 7) is 3.87. The van der Waals surface area contributed by atoms with Crippen LogP contribution in [-0.4, -0.2) is 5.38 Å². The van der Waals surface area contributed by atoms with E-state index in [1.165, 1.54) is 0 Å². The molecule has 1 heterocycles. The Balaban J connectivity index is 0.00000112. The summed E-state index contributed by atoms with van der Waals surface area (Å²) in [4.78, 5) is 0. The van der Waals surface area contributed by atoms with Crippen LogP contribution in [0.3, 0.4) is 0 Å².